The van der Waals surface area contributed by atoms with Gasteiger partial charge in [-0.05, 0) is 16.7 Å². The third kappa shape index (κ3) is 5.94. The summed E-state index contributed by atoms with van der Waals surface area (Å²) in [5.74, 6) is -0.569. The molecule has 37 heavy (non-hydrogen) atoms. The smallest absolute Gasteiger partial charge is 0.360 e. The number of nitrogens with zero attached hydrogens (tertiary/aromatic N) is 3. The zero-order chi connectivity index (χ0) is 25.5. The van der Waals surface area contributed by atoms with E-state index in [2.05, 4.69) is 10.3 Å². The molecule has 8 nitrogen and oxygen atoms in total. The second kappa shape index (κ2) is 11.9. The summed E-state index contributed by atoms with van der Waals surface area (Å²) in [5, 5.41) is 8.37. The van der Waals surface area contributed by atoms with Crippen LogP contribution in [-0.4, -0.2) is 40.3 Å². The maximum atomic E-state index is 12.6. The minimum atomic E-state index is -0.664. The Hall–Kier alpha value is -3.85. The van der Waals surface area contributed by atoms with Crippen LogP contribution in [-0.2, 0) is 45.3 Å². The lowest BCUT2D eigenvalue weighted by molar-refractivity contribution is -0.171. The molecule has 2 heterocycles. The van der Waals surface area contributed by atoms with Gasteiger partial charge < -0.3 is 18.9 Å². The lowest BCUT2D eigenvalue weighted by Gasteiger charge is -2.38. The van der Waals surface area contributed by atoms with Crippen molar-refractivity contribution in [1.82, 2.24) is 15.0 Å². The highest BCUT2D eigenvalue weighted by Gasteiger charge is 2.44. The Morgan fingerprint density at radius 3 is 1.84 bits per heavy atom. The van der Waals surface area contributed by atoms with Gasteiger partial charge in [-0.3, -0.25) is 0 Å². The first-order chi connectivity index (χ1) is 18.2. The number of hydrogen-bond donors (Lipinski definition) is 0. The first kappa shape index (κ1) is 24.8. The van der Waals surface area contributed by atoms with Crippen LogP contribution in [0.5, 0.6) is 0 Å². The summed E-state index contributed by atoms with van der Waals surface area (Å²) >= 11 is 0. The van der Waals surface area contributed by atoms with Crippen molar-refractivity contribution in [3.05, 3.63) is 119 Å². The molecular formula is C29H29N3O5. The summed E-state index contributed by atoms with van der Waals surface area (Å²) in [5.41, 5.74) is 3.72. The third-order valence-corrected chi connectivity index (χ3v) is 6.30. The van der Waals surface area contributed by atoms with Gasteiger partial charge in [-0.15, -0.1) is 5.10 Å². The number of carbonyl (C=O) groups excluding carboxylic acids is 1. The predicted octanol–water partition coefficient (Wildman–Crippen LogP) is 4.51. The summed E-state index contributed by atoms with van der Waals surface area (Å²) in [4.78, 5) is 12.6. The number of fused-ring (bicyclic) bond motifs is 1. The number of hydrogen-bond acceptors (Lipinski definition) is 7. The maximum Gasteiger partial charge on any atom is 0.360 e. The Balaban J connectivity index is 1.47. The minimum absolute atomic E-state index is 0.121. The van der Waals surface area contributed by atoms with Crippen LogP contribution >= 0.6 is 0 Å². The molecule has 4 aromatic rings. The molecule has 0 bridgehead atoms. The first-order valence-electron chi connectivity index (χ1n) is 12.2. The number of benzene rings is 3. The zero-order valence-corrected chi connectivity index (χ0v) is 20.6. The average Bonchev–Trinajstić information content (AvgIpc) is 3.39. The van der Waals surface area contributed by atoms with Gasteiger partial charge in [0, 0.05) is 0 Å². The van der Waals surface area contributed by atoms with Crippen LogP contribution < -0.4 is 0 Å². The molecule has 5 rings (SSSR count). The summed E-state index contributed by atoms with van der Waals surface area (Å²) in [6, 6.07) is 29.7. The van der Waals surface area contributed by atoms with Gasteiger partial charge in [-0.1, -0.05) is 96.2 Å². The van der Waals surface area contributed by atoms with Crippen molar-refractivity contribution in [2.45, 2.75) is 44.7 Å². The molecular weight excluding hydrogens is 470 g/mol. The Bertz CT molecular complexity index is 1280. The van der Waals surface area contributed by atoms with E-state index in [0.29, 0.717) is 32.1 Å². The van der Waals surface area contributed by atoms with Crippen molar-refractivity contribution in [3.8, 4) is 0 Å². The fourth-order valence-corrected chi connectivity index (χ4v) is 4.42. The molecule has 1 aliphatic heterocycles. The normalized spacial score (nSPS) is 18.8. The third-order valence-electron chi connectivity index (χ3n) is 6.30. The molecule has 0 aliphatic carbocycles. The van der Waals surface area contributed by atoms with Gasteiger partial charge >= 0.3 is 5.97 Å². The van der Waals surface area contributed by atoms with Crippen LogP contribution in [0.15, 0.2) is 91.0 Å². The van der Waals surface area contributed by atoms with Crippen LogP contribution in [0.3, 0.4) is 0 Å². The molecule has 0 saturated heterocycles. The molecule has 1 aliphatic rings. The zero-order valence-electron chi connectivity index (χ0n) is 20.6. The molecule has 190 valence electrons. The van der Waals surface area contributed by atoms with E-state index in [4.69, 9.17) is 18.9 Å². The molecule has 0 unspecified atom stereocenters. The standard InChI is InChI=1S/C29H29N3O5/c1-34-29(33)25-26-28(37-20-23-15-9-4-10-16-23)27(36-19-22-13-7-3-8-14-22)24(17-32(26)31-30-25)35-18-21-11-5-2-6-12-21/h2-16,24,27-28H,17-20H2,1H3/t24-,27-,28-/m1/s1. The number of methoxy groups -OCH3 is 1. The van der Waals surface area contributed by atoms with Crippen LogP contribution in [0.1, 0.15) is 39.0 Å². The Kier molecular flexibility index (Phi) is 8.00. The van der Waals surface area contributed by atoms with Gasteiger partial charge in [0.25, 0.3) is 0 Å². The average molecular weight is 500 g/mol. The molecule has 3 atom stereocenters. The van der Waals surface area contributed by atoms with Crippen molar-refractivity contribution in [1.29, 1.82) is 0 Å². The molecule has 0 saturated carbocycles. The van der Waals surface area contributed by atoms with Crippen LogP contribution in [0.2, 0.25) is 0 Å². The number of aromatic nitrogens is 3. The number of esters is 1. The first-order valence-corrected chi connectivity index (χ1v) is 12.2. The molecule has 8 heteroatoms. The minimum Gasteiger partial charge on any atom is -0.464 e. The lowest BCUT2D eigenvalue weighted by atomic mass is 9.98. The van der Waals surface area contributed by atoms with Gasteiger partial charge in [-0.25, -0.2) is 9.48 Å². The summed E-state index contributed by atoms with van der Waals surface area (Å²) < 4.78 is 26.0. The fourth-order valence-electron chi connectivity index (χ4n) is 4.42. The SMILES string of the molecule is COC(=O)c1nnn2c1[C@@H](OCc1ccccc1)[C@H](OCc1ccccc1)[C@H](OCc1ccccc1)C2. The van der Waals surface area contributed by atoms with Crippen molar-refractivity contribution >= 4 is 5.97 Å². The molecule has 0 radical (unpaired) electrons. The van der Waals surface area contributed by atoms with Gasteiger partial charge in [0.1, 0.15) is 24.0 Å². The topological polar surface area (TPSA) is 84.7 Å². The predicted molar refractivity (Wildman–Crippen MR) is 135 cm³/mol. The van der Waals surface area contributed by atoms with E-state index >= 15 is 0 Å². The van der Waals surface area contributed by atoms with E-state index in [9.17, 15) is 4.79 Å². The van der Waals surface area contributed by atoms with Gasteiger partial charge in [0.15, 0.2) is 5.69 Å². The van der Waals surface area contributed by atoms with Gasteiger partial charge in [0.2, 0.25) is 0 Å². The lowest BCUT2D eigenvalue weighted by Crippen LogP contribution is -2.46. The highest BCUT2D eigenvalue weighted by Crippen LogP contribution is 2.35. The number of ether oxygens (including phenoxy) is 4. The Morgan fingerprint density at radius 2 is 1.30 bits per heavy atom. The van der Waals surface area contributed by atoms with E-state index < -0.39 is 24.3 Å². The van der Waals surface area contributed by atoms with Crippen molar-refractivity contribution in [2.24, 2.45) is 0 Å². The van der Waals surface area contributed by atoms with Crippen LogP contribution in [0.25, 0.3) is 0 Å². The number of carbonyl (C=O) groups is 1. The quantitative estimate of drug-likeness (QED) is 0.297. The highest BCUT2D eigenvalue weighted by molar-refractivity contribution is 5.88. The maximum absolute atomic E-state index is 12.6. The second-order valence-electron chi connectivity index (χ2n) is 8.81. The molecule has 0 N–H and O–H groups in total. The molecule has 0 amide bonds. The monoisotopic (exact) mass is 499 g/mol. The molecule has 1 aromatic heterocycles. The number of rotatable bonds is 10. The van der Waals surface area contributed by atoms with E-state index in [1.165, 1.54) is 7.11 Å². The summed E-state index contributed by atoms with van der Waals surface area (Å²) in [6.45, 7) is 1.43. The summed E-state index contributed by atoms with van der Waals surface area (Å²) in [7, 11) is 1.33. The molecule has 0 spiro atoms. The van der Waals surface area contributed by atoms with E-state index in [-0.39, 0.29) is 5.69 Å². The highest BCUT2D eigenvalue weighted by atomic mass is 16.6. The second-order valence-corrected chi connectivity index (χ2v) is 8.81. The Morgan fingerprint density at radius 1 is 0.784 bits per heavy atom. The summed E-state index contributed by atoms with van der Waals surface area (Å²) in [6.07, 6.45) is -1.59. The molecule has 3 aromatic carbocycles. The van der Waals surface area contributed by atoms with Crippen molar-refractivity contribution in [3.63, 3.8) is 0 Å². The van der Waals surface area contributed by atoms with E-state index in [1.54, 1.807) is 4.68 Å². The van der Waals surface area contributed by atoms with Gasteiger partial charge in [-0.2, -0.15) is 0 Å². The van der Waals surface area contributed by atoms with Crippen molar-refractivity contribution < 1.29 is 23.7 Å². The van der Waals surface area contributed by atoms with Crippen molar-refractivity contribution in [2.75, 3.05) is 7.11 Å². The molecule has 0 fully saturated rings. The Labute approximate surface area is 215 Å². The van der Waals surface area contributed by atoms with E-state index in [1.807, 2.05) is 91.0 Å². The largest absolute Gasteiger partial charge is 0.464 e. The van der Waals surface area contributed by atoms with Gasteiger partial charge in [0.05, 0.1) is 33.5 Å². The van der Waals surface area contributed by atoms with E-state index in [0.717, 1.165) is 16.7 Å². The van der Waals surface area contributed by atoms with Crippen LogP contribution in [0.4, 0.5) is 0 Å². The fraction of sp³-hybridized carbons (Fsp3) is 0.276. The van der Waals surface area contributed by atoms with Crippen LogP contribution in [0, 0.1) is 0 Å².